The van der Waals surface area contributed by atoms with E-state index in [-0.39, 0.29) is 5.69 Å². The van der Waals surface area contributed by atoms with E-state index in [0.717, 1.165) is 24.2 Å². The molecular formula is C14H14ClNO3. The quantitative estimate of drug-likeness (QED) is 0.794. The van der Waals surface area contributed by atoms with Crippen LogP contribution in [0.15, 0.2) is 41.3 Å². The first kappa shape index (κ1) is 13.6. The fourth-order valence-electron chi connectivity index (χ4n) is 1.66. The third kappa shape index (κ3) is 3.58. The summed E-state index contributed by atoms with van der Waals surface area (Å²) < 4.78 is 10.2. The number of methoxy groups -OCH3 is 1. The Balaban J connectivity index is 1.97. The molecule has 1 aromatic heterocycles. The predicted octanol–water partition coefficient (Wildman–Crippen LogP) is 3.19. The Bertz CT molecular complexity index is 520. The lowest BCUT2D eigenvalue weighted by molar-refractivity contribution is 0.0594. The molecule has 1 heterocycles. The maximum absolute atomic E-state index is 11.2. The molecular weight excluding hydrogens is 266 g/mol. The minimum absolute atomic E-state index is 0.282. The largest absolute Gasteiger partial charge is 0.492 e. The highest BCUT2D eigenvalue weighted by atomic mass is 35.5. The number of pyridine rings is 1. The minimum Gasteiger partial charge on any atom is -0.492 e. The van der Waals surface area contributed by atoms with Crippen LogP contribution in [0.2, 0.25) is 0 Å². The molecule has 19 heavy (non-hydrogen) atoms. The molecule has 0 atom stereocenters. The first-order chi connectivity index (χ1) is 9.20. The van der Waals surface area contributed by atoms with Gasteiger partial charge in [-0.15, -0.1) is 0 Å². The van der Waals surface area contributed by atoms with Crippen LogP contribution in [0.5, 0.6) is 0 Å². The van der Waals surface area contributed by atoms with Crippen LogP contribution < -0.4 is 0 Å². The summed E-state index contributed by atoms with van der Waals surface area (Å²) in [6.45, 7) is 0.383. The fraction of sp³-hybridized carbons (Fsp3) is 0.286. The number of allylic oxidation sites excluding steroid dienone is 4. The van der Waals surface area contributed by atoms with Gasteiger partial charge in [0.15, 0.2) is 0 Å². The van der Waals surface area contributed by atoms with Gasteiger partial charge in [-0.2, -0.15) is 0 Å². The van der Waals surface area contributed by atoms with E-state index in [0.29, 0.717) is 11.6 Å². The molecule has 0 aliphatic heterocycles. The van der Waals surface area contributed by atoms with E-state index in [1.54, 1.807) is 18.3 Å². The minimum atomic E-state index is -0.448. The van der Waals surface area contributed by atoms with Gasteiger partial charge in [0.2, 0.25) is 0 Å². The fourth-order valence-corrected chi connectivity index (χ4v) is 1.90. The highest BCUT2D eigenvalue weighted by Crippen LogP contribution is 2.23. The lowest BCUT2D eigenvalue weighted by Crippen LogP contribution is -2.05. The Morgan fingerprint density at radius 1 is 1.47 bits per heavy atom. The number of esters is 1. The molecule has 0 amide bonds. The number of rotatable bonds is 4. The molecule has 2 rings (SSSR count). The van der Waals surface area contributed by atoms with Gasteiger partial charge in [-0.3, -0.25) is 0 Å². The number of halogens is 1. The van der Waals surface area contributed by atoms with Crippen molar-refractivity contribution in [2.24, 2.45) is 0 Å². The molecule has 0 spiro atoms. The summed E-state index contributed by atoms with van der Waals surface area (Å²) >= 11 is 6.03. The molecule has 0 unspecified atom stereocenters. The Morgan fingerprint density at radius 2 is 2.32 bits per heavy atom. The number of carbonyl (C=O) groups excluding carboxylic acids is 1. The standard InChI is InChI=1S/C14H14ClNO3/c1-18-14(17)12-7-6-10(8-16-12)9-19-13-5-3-2-4-11(13)15/h2,4,6-8H,3,5,9H2,1H3. The summed E-state index contributed by atoms with van der Waals surface area (Å²) in [4.78, 5) is 15.2. The molecule has 0 bridgehead atoms. The van der Waals surface area contributed by atoms with Crippen LogP contribution in [-0.2, 0) is 16.1 Å². The van der Waals surface area contributed by atoms with Gasteiger partial charge in [-0.25, -0.2) is 9.78 Å². The van der Waals surface area contributed by atoms with Crippen molar-refractivity contribution in [3.63, 3.8) is 0 Å². The van der Waals surface area contributed by atoms with Gasteiger partial charge in [0.1, 0.15) is 18.1 Å². The zero-order chi connectivity index (χ0) is 13.7. The van der Waals surface area contributed by atoms with Crippen molar-refractivity contribution in [2.45, 2.75) is 19.4 Å². The first-order valence-corrected chi connectivity index (χ1v) is 6.29. The molecule has 0 N–H and O–H groups in total. The van der Waals surface area contributed by atoms with Crippen molar-refractivity contribution in [3.05, 3.63) is 52.5 Å². The number of carbonyl (C=O) groups is 1. The van der Waals surface area contributed by atoms with E-state index in [1.807, 2.05) is 12.2 Å². The summed E-state index contributed by atoms with van der Waals surface area (Å²) in [6, 6.07) is 3.40. The molecule has 0 saturated carbocycles. The van der Waals surface area contributed by atoms with Crippen LogP contribution in [0.3, 0.4) is 0 Å². The average Bonchev–Trinajstić information content (AvgIpc) is 2.46. The van der Waals surface area contributed by atoms with E-state index in [1.165, 1.54) is 7.11 Å². The van der Waals surface area contributed by atoms with E-state index < -0.39 is 5.97 Å². The predicted molar refractivity (Wildman–Crippen MR) is 71.6 cm³/mol. The number of hydrogen-bond donors (Lipinski definition) is 0. The molecule has 1 aliphatic carbocycles. The Kier molecular flexibility index (Phi) is 4.58. The summed E-state index contributed by atoms with van der Waals surface area (Å²) in [5.41, 5.74) is 1.16. The Labute approximate surface area is 116 Å². The van der Waals surface area contributed by atoms with Gasteiger partial charge >= 0.3 is 5.97 Å². The lowest BCUT2D eigenvalue weighted by Gasteiger charge is -2.13. The van der Waals surface area contributed by atoms with Crippen molar-refractivity contribution in [3.8, 4) is 0 Å². The summed E-state index contributed by atoms with van der Waals surface area (Å²) in [5, 5.41) is 0.644. The smallest absolute Gasteiger partial charge is 0.356 e. The number of ether oxygens (including phenoxy) is 2. The van der Waals surface area contributed by atoms with Gasteiger partial charge < -0.3 is 9.47 Å². The third-order valence-corrected chi connectivity index (χ3v) is 3.04. The summed E-state index contributed by atoms with van der Waals surface area (Å²) in [5.74, 6) is 0.344. The molecule has 0 aromatic carbocycles. The van der Waals surface area contributed by atoms with Crippen molar-refractivity contribution >= 4 is 17.6 Å². The van der Waals surface area contributed by atoms with Gasteiger partial charge in [0, 0.05) is 18.2 Å². The van der Waals surface area contributed by atoms with E-state index in [4.69, 9.17) is 16.3 Å². The molecule has 1 aromatic rings. The zero-order valence-corrected chi connectivity index (χ0v) is 11.3. The second-order valence-electron chi connectivity index (χ2n) is 4.04. The second-order valence-corrected chi connectivity index (χ2v) is 4.45. The van der Waals surface area contributed by atoms with Gasteiger partial charge in [-0.05, 0) is 18.6 Å². The first-order valence-electron chi connectivity index (χ1n) is 5.92. The Hall–Kier alpha value is -1.81. The molecule has 1 aliphatic rings. The van der Waals surface area contributed by atoms with Crippen LogP contribution in [0.1, 0.15) is 28.9 Å². The van der Waals surface area contributed by atoms with Crippen molar-refractivity contribution in [2.75, 3.05) is 7.11 Å². The summed E-state index contributed by atoms with van der Waals surface area (Å²) in [7, 11) is 1.33. The van der Waals surface area contributed by atoms with Crippen LogP contribution in [0.4, 0.5) is 0 Å². The highest BCUT2D eigenvalue weighted by molar-refractivity contribution is 6.31. The highest BCUT2D eigenvalue weighted by Gasteiger charge is 2.09. The van der Waals surface area contributed by atoms with Crippen molar-refractivity contribution in [1.29, 1.82) is 0 Å². The molecule has 100 valence electrons. The van der Waals surface area contributed by atoms with Gasteiger partial charge in [-0.1, -0.05) is 23.7 Å². The molecule has 4 nitrogen and oxygen atoms in total. The maximum Gasteiger partial charge on any atom is 0.356 e. The van der Waals surface area contributed by atoms with Crippen LogP contribution >= 0.6 is 11.6 Å². The summed E-state index contributed by atoms with van der Waals surface area (Å²) in [6.07, 6.45) is 7.20. The van der Waals surface area contributed by atoms with Crippen LogP contribution in [0, 0.1) is 0 Å². The molecule has 0 radical (unpaired) electrons. The van der Waals surface area contributed by atoms with Gasteiger partial charge in [0.05, 0.1) is 12.1 Å². The van der Waals surface area contributed by atoms with Gasteiger partial charge in [0.25, 0.3) is 0 Å². The average molecular weight is 280 g/mol. The third-order valence-electron chi connectivity index (χ3n) is 2.70. The Morgan fingerprint density at radius 3 is 2.95 bits per heavy atom. The van der Waals surface area contributed by atoms with Crippen LogP contribution in [0.25, 0.3) is 0 Å². The maximum atomic E-state index is 11.2. The normalized spacial score (nSPS) is 14.4. The van der Waals surface area contributed by atoms with Crippen molar-refractivity contribution in [1.82, 2.24) is 4.98 Å². The van der Waals surface area contributed by atoms with E-state index >= 15 is 0 Å². The number of hydrogen-bond acceptors (Lipinski definition) is 4. The monoisotopic (exact) mass is 279 g/mol. The number of nitrogens with zero attached hydrogens (tertiary/aromatic N) is 1. The SMILES string of the molecule is COC(=O)c1ccc(COC2=C(Cl)C=CCC2)cn1. The molecule has 5 heteroatoms. The van der Waals surface area contributed by atoms with E-state index in [2.05, 4.69) is 9.72 Å². The zero-order valence-electron chi connectivity index (χ0n) is 10.6. The van der Waals surface area contributed by atoms with Crippen molar-refractivity contribution < 1.29 is 14.3 Å². The number of aromatic nitrogens is 1. The molecule has 0 saturated heterocycles. The topological polar surface area (TPSA) is 48.4 Å². The van der Waals surface area contributed by atoms with E-state index in [9.17, 15) is 4.79 Å². The van der Waals surface area contributed by atoms with Crippen LogP contribution in [-0.4, -0.2) is 18.1 Å². The second kappa shape index (κ2) is 6.38. The lowest BCUT2D eigenvalue weighted by atomic mass is 10.1. The molecule has 0 fully saturated rings.